The summed E-state index contributed by atoms with van der Waals surface area (Å²) in [5.74, 6) is -0.0911. The minimum Gasteiger partial charge on any atom is -0.324 e. The summed E-state index contributed by atoms with van der Waals surface area (Å²) in [6.07, 6.45) is 0. The second-order valence-electron chi connectivity index (χ2n) is 5.61. The van der Waals surface area contributed by atoms with Crippen LogP contribution in [0.25, 0.3) is 0 Å². The molecule has 2 aliphatic rings. The maximum absolute atomic E-state index is 12.7. The maximum atomic E-state index is 12.7. The van der Waals surface area contributed by atoms with Crippen LogP contribution in [0, 0.1) is 0 Å². The summed E-state index contributed by atoms with van der Waals surface area (Å²) < 4.78 is 26.9. The van der Waals surface area contributed by atoms with Crippen LogP contribution >= 0.6 is 11.8 Å². The first kappa shape index (κ1) is 15.8. The lowest BCUT2D eigenvalue weighted by molar-refractivity contribution is -0.115. The lowest BCUT2D eigenvalue weighted by atomic mass is 10.3. The van der Waals surface area contributed by atoms with Crippen LogP contribution in [0.3, 0.4) is 0 Å². The van der Waals surface area contributed by atoms with Crippen molar-refractivity contribution >= 4 is 33.4 Å². The maximum Gasteiger partial charge on any atom is 0.243 e. The van der Waals surface area contributed by atoms with Gasteiger partial charge in [0.15, 0.2) is 0 Å². The first-order valence-corrected chi connectivity index (χ1v) is 9.50. The summed E-state index contributed by atoms with van der Waals surface area (Å²) in [5.41, 5.74) is 0.586. The van der Waals surface area contributed by atoms with Gasteiger partial charge in [-0.25, -0.2) is 8.42 Å². The van der Waals surface area contributed by atoms with Gasteiger partial charge in [-0.15, -0.1) is 11.8 Å². The molecule has 1 unspecified atom stereocenters. The Balaban J connectivity index is 1.89. The van der Waals surface area contributed by atoms with Crippen LogP contribution in [0.4, 0.5) is 5.69 Å². The molecular weight excluding hydrogens is 322 g/mol. The molecule has 1 amide bonds. The summed E-state index contributed by atoms with van der Waals surface area (Å²) in [6.45, 7) is 4.28. The van der Waals surface area contributed by atoms with Crippen molar-refractivity contribution in [2.75, 3.05) is 38.5 Å². The minimum atomic E-state index is -3.50. The highest BCUT2D eigenvalue weighted by Crippen LogP contribution is 2.37. The predicted molar refractivity (Wildman–Crippen MR) is 86.6 cm³/mol. The molecule has 8 heteroatoms. The molecule has 1 N–H and O–H groups in total. The number of hydrogen-bond acceptors (Lipinski definition) is 5. The van der Waals surface area contributed by atoms with E-state index in [9.17, 15) is 13.2 Å². The lowest BCUT2D eigenvalue weighted by Crippen LogP contribution is -2.47. The van der Waals surface area contributed by atoms with Crippen molar-refractivity contribution < 1.29 is 13.2 Å². The van der Waals surface area contributed by atoms with Crippen molar-refractivity contribution in [1.29, 1.82) is 0 Å². The van der Waals surface area contributed by atoms with Gasteiger partial charge in [-0.2, -0.15) is 4.31 Å². The number of hydrogen-bond donors (Lipinski definition) is 1. The fourth-order valence-corrected chi connectivity index (χ4v) is 4.91. The fraction of sp³-hybridized carbons (Fsp3) is 0.500. The monoisotopic (exact) mass is 341 g/mol. The molecule has 0 bridgehead atoms. The van der Waals surface area contributed by atoms with Crippen LogP contribution in [-0.4, -0.2) is 62.0 Å². The Bertz CT molecular complexity index is 697. The SMILES string of the molecule is CC1Sc2ccc(S(=O)(=O)N3CCN(C)CC3)cc2NC1=O. The van der Waals surface area contributed by atoms with Crippen molar-refractivity contribution in [1.82, 2.24) is 9.21 Å². The van der Waals surface area contributed by atoms with Gasteiger partial charge in [0.1, 0.15) is 0 Å². The molecule has 2 heterocycles. The third-order valence-electron chi connectivity index (χ3n) is 3.98. The van der Waals surface area contributed by atoms with Gasteiger partial charge < -0.3 is 10.2 Å². The predicted octanol–water partition coefficient (Wildman–Crippen LogP) is 1.06. The van der Waals surface area contributed by atoms with Gasteiger partial charge in [0.2, 0.25) is 15.9 Å². The molecule has 1 atom stereocenters. The highest BCUT2D eigenvalue weighted by atomic mass is 32.2. The number of rotatable bonds is 2. The van der Waals surface area contributed by atoms with E-state index in [1.165, 1.54) is 16.1 Å². The number of anilines is 1. The molecular formula is C14H19N3O3S2. The number of thioether (sulfide) groups is 1. The second kappa shape index (κ2) is 5.84. The van der Waals surface area contributed by atoms with Gasteiger partial charge in [-0.1, -0.05) is 0 Å². The van der Waals surface area contributed by atoms with Crippen LogP contribution in [0.15, 0.2) is 28.0 Å². The minimum absolute atomic E-state index is 0.0911. The molecule has 3 rings (SSSR count). The Morgan fingerprint density at radius 2 is 1.91 bits per heavy atom. The van der Waals surface area contributed by atoms with Crippen molar-refractivity contribution in [3.8, 4) is 0 Å². The Hall–Kier alpha value is -1.09. The van der Waals surface area contributed by atoms with Gasteiger partial charge in [-0.3, -0.25) is 4.79 Å². The standard InChI is InChI=1S/C14H19N3O3S2/c1-10-14(18)15-12-9-11(3-4-13(12)21-10)22(19,20)17-7-5-16(2)6-8-17/h3-4,9-10H,5-8H2,1-2H3,(H,15,18). The smallest absolute Gasteiger partial charge is 0.243 e. The summed E-state index contributed by atoms with van der Waals surface area (Å²) in [6, 6.07) is 4.97. The number of nitrogens with zero attached hydrogens (tertiary/aromatic N) is 2. The first-order chi connectivity index (χ1) is 10.4. The fourth-order valence-electron chi connectivity index (χ4n) is 2.53. The topological polar surface area (TPSA) is 69.7 Å². The van der Waals surface area contributed by atoms with E-state index in [1.807, 2.05) is 14.0 Å². The van der Waals surface area contributed by atoms with E-state index in [2.05, 4.69) is 10.2 Å². The molecule has 1 aromatic carbocycles. The molecule has 1 aromatic rings. The Kier molecular flexibility index (Phi) is 4.19. The number of likely N-dealkylation sites (N-methyl/N-ethyl adjacent to an activating group) is 1. The van der Waals surface area contributed by atoms with E-state index in [0.29, 0.717) is 18.8 Å². The van der Waals surface area contributed by atoms with E-state index < -0.39 is 10.0 Å². The van der Waals surface area contributed by atoms with Crippen molar-refractivity contribution in [2.45, 2.75) is 22.0 Å². The molecule has 0 radical (unpaired) electrons. The van der Waals surface area contributed by atoms with Crippen molar-refractivity contribution in [3.05, 3.63) is 18.2 Å². The van der Waals surface area contributed by atoms with E-state index in [1.54, 1.807) is 18.2 Å². The third kappa shape index (κ3) is 2.88. The number of carbonyl (C=O) groups excluding carboxylic acids is 1. The zero-order valence-electron chi connectivity index (χ0n) is 12.6. The van der Waals surface area contributed by atoms with Gasteiger partial charge in [0.25, 0.3) is 0 Å². The van der Waals surface area contributed by atoms with Crippen molar-refractivity contribution in [3.63, 3.8) is 0 Å². The van der Waals surface area contributed by atoms with E-state index >= 15 is 0 Å². The molecule has 0 aliphatic carbocycles. The number of sulfonamides is 1. The normalized spacial score (nSPS) is 23.9. The van der Waals surface area contributed by atoms with Crippen molar-refractivity contribution in [2.24, 2.45) is 0 Å². The van der Waals surface area contributed by atoms with Crippen LogP contribution in [-0.2, 0) is 14.8 Å². The van der Waals surface area contributed by atoms with Gasteiger partial charge in [0.05, 0.1) is 15.8 Å². The Morgan fingerprint density at radius 3 is 2.59 bits per heavy atom. The molecule has 0 saturated carbocycles. The van der Waals surface area contributed by atoms with Crippen LogP contribution < -0.4 is 5.32 Å². The van der Waals surface area contributed by atoms with Crippen LogP contribution in [0.1, 0.15) is 6.92 Å². The number of amides is 1. The molecule has 6 nitrogen and oxygen atoms in total. The van der Waals surface area contributed by atoms with E-state index in [-0.39, 0.29) is 16.1 Å². The number of fused-ring (bicyclic) bond motifs is 1. The van der Waals surface area contributed by atoms with E-state index in [4.69, 9.17) is 0 Å². The summed E-state index contributed by atoms with van der Waals surface area (Å²) >= 11 is 1.45. The second-order valence-corrected chi connectivity index (χ2v) is 8.94. The van der Waals surface area contributed by atoms with Crippen LogP contribution in [0.2, 0.25) is 0 Å². The number of piperazine rings is 1. The zero-order chi connectivity index (χ0) is 15.9. The number of carbonyl (C=O) groups is 1. The summed E-state index contributed by atoms with van der Waals surface area (Å²) in [5, 5.41) is 2.62. The first-order valence-electron chi connectivity index (χ1n) is 7.18. The molecule has 0 spiro atoms. The lowest BCUT2D eigenvalue weighted by Gasteiger charge is -2.31. The number of nitrogens with one attached hydrogen (secondary N) is 1. The van der Waals surface area contributed by atoms with Gasteiger partial charge in [-0.05, 0) is 32.2 Å². The molecule has 1 fully saturated rings. The molecule has 1 saturated heterocycles. The van der Waals surface area contributed by atoms with Gasteiger partial charge >= 0.3 is 0 Å². The zero-order valence-corrected chi connectivity index (χ0v) is 14.2. The summed E-state index contributed by atoms with van der Waals surface area (Å²) in [7, 11) is -1.52. The average molecular weight is 341 g/mol. The third-order valence-corrected chi connectivity index (χ3v) is 7.05. The van der Waals surface area contributed by atoms with E-state index in [0.717, 1.165) is 18.0 Å². The highest BCUT2D eigenvalue weighted by molar-refractivity contribution is 8.01. The molecule has 120 valence electrons. The quantitative estimate of drug-likeness (QED) is 0.871. The highest BCUT2D eigenvalue weighted by Gasteiger charge is 2.30. The molecule has 2 aliphatic heterocycles. The Labute approximate surface area is 134 Å². The number of benzene rings is 1. The Morgan fingerprint density at radius 1 is 1.23 bits per heavy atom. The molecule has 0 aromatic heterocycles. The van der Waals surface area contributed by atoms with Crippen LogP contribution in [0.5, 0.6) is 0 Å². The van der Waals surface area contributed by atoms with Gasteiger partial charge in [0, 0.05) is 31.1 Å². The summed E-state index contributed by atoms with van der Waals surface area (Å²) in [4.78, 5) is 15.0. The molecule has 22 heavy (non-hydrogen) atoms. The average Bonchev–Trinajstić information content (AvgIpc) is 2.48. The largest absolute Gasteiger partial charge is 0.324 e.